The molecule has 26 heavy (non-hydrogen) atoms. The molecule has 0 aromatic heterocycles. The lowest BCUT2D eigenvalue weighted by atomic mass is 10.0. The third-order valence-corrected chi connectivity index (χ3v) is 5.80. The molecular weight excluding hydrogens is 354 g/mol. The van der Waals surface area contributed by atoms with Gasteiger partial charge in [-0.25, -0.2) is 0 Å². The first-order chi connectivity index (χ1) is 12.1. The fourth-order valence-electron chi connectivity index (χ4n) is 4.41. The first-order valence-electron chi connectivity index (χ1n) is 9.01. The second-order valence-corrected chi connectivity index (χ2v) is 7.50. The minimum Gasteiger partial charge on any atom is -0.495 e. The molecule has 142 valence electrons. The Labute approximate surface area is 160 Å². The Morgan fingerprint density at radius 1 is 1.19 bits per heavy atom. The molecule has 7 heteroatoms. The van der Waals surface area contributed by atoms with Crippen LogP contribution in [0.4, 0.5) is 5.69 Å². The predicted octanol–water partition coefficient (Wildman–Crippen LogP) is 1.46. The number of amides is 2. The highest BCUT2D eigenvalue weighted by Gasteiger charge is 2.43. The Hall–Kier alpha value is -1.79. The van der Waals surface area contributed by atoms with Crippen molar-refractivity contribution in [1.29, 1.82) is 0 Å². The molecular formula is C19H26ClN3O3. The number of hydrogen-bond donors (Lipinski definition) is 1. The molecule has 3 heterocycles. The van der Waals surface area contributed by atoms with Crippen molar-refractivity contribution < 1.29 is 14.3 Å². The average Bonchev–Trinajstić information content (AvgIpc) is 3.28. The number of anilines is 1. The van der Waals surface area contributed by atoms with Gasteiger partial charge < -0.3 is 19.9 Å². The minimum atomic E-state index is -0.246. The van der Waals surface area contributed by atoms with Crippen LogP contribution in [-0.4, -0.2) is 56.5 Å². The number of fused-ring (bicyclic) bond motifs is 1. The number of methoxy groups -OCH3 is 1. The van der Waals surface area contributed by atoms with Gasteiger partial charge in [-0.15, -0.1) is 12.4 Å². The molecule has 1 N–H and O–H groups in total. The van der Waals surface area contributed by atoms with E-state index < -0.39 is 0 Å². The number of hydrogen-bond acceptors (Lipinski definition) is 4. The quantitative estimate of drug-likeness (QED) is 0.863. The number of halogens is 1. The van der Waals surface area contributed by atoms with Crippen molar-refractivity contribution in [3.8, 4) is 5.75 Å². The molecule has 0 saturated carbocycles. The molecule has 0 aliphatic carbocycles. The molecule has 0 bridgehead atoms. The summed E-state index contributed by atoms with van der Waals surface area (Å²) >= 11 is 0. The van der Waals surface area contributed by atoms with Crippen molar-refractivity contribution >= 4 is 29.9 Å². The Morgan fingerprint density at radius 2 is 1.88 bits per heavy atom. The first kappa shape index (κ1) is 19.0. The second-order valence-electron chi connectivity index (χ2n) is 7.50. The van der Waals surface area contributed by atoms with Crippen LogP contribution in [0.1, 0.15) is 12.0 Å². The maximum absolute atomic E-state index is 12.9. The summed E-state index contributed by atoms with van der Waals surface area (Å²) in [5.41, 5.74) is 1.84. The number of rotatable bonds is 3. The summed E-state index contributed by atoms with van der Waals surface area (Å²) < 4.78 is 5.41. The highest BCUT2D eigenvalue weighted by molar-refractivity contribution is 6.01. The normalized spacial score (nSPS) is 27.5. The lowest BCUT2D eigenvalue weighted by molar-refractivity contribution is -0.135. The summed E-state index contributed by atoms with van der Waals surface area (Å²) in [6.07, 6.45) is 0.292. The SMILES string of the molecule is COc1ccc(C)cc1N1CC(C(=O)N2C[C@H]3CNC[C@H]3C2)CC1=O.Cl. The minimum absolute atomic E-state index is 0. The number of carbonyl (C=O) groups excluding carboxylic acids is 2. The summed E-state index contributed by atoms with van der Waals surface area (Å²) in [5.74, 6) is 1.72. The molecule has 0 spiro atoms. The highest BCUT2D eigenvalue weighted by Crippen LogP contribution is 2.35. The van der Waals surface area contributed by atoms with Crippen molar-refractivity contribution in [2.75, 3.05) is 44.7 Å². The van der Waals surface area contributed by atoms with E-state index in [1.165, 1.54) is 0 Å². The van der Waals surface area contributed by atoms with Gasteiger partial charge in [0, 0.05) is 39.1 Å². The van der Waals surface area contributed by atoms with Crippen LogP contribution in [-0.2, 0) is 9.59 Å². The molecule has 2 amide bonds. The van der Waals surface area contributed by atoms with Crippen molar-refractivity contribution in [1.82, 2.24) is 10.2 Å². The van der Waals surface area contributed by atoms with Gasteiger partial charge >= 0.3 is 0 Å². The number of nitrogens with one attached hydrogen (secondary N) is 1. The number of nitrogens with zero attached hydrogens (tertiary/aromatic N) is 2. The van der Waals surface area contributed by atoms with Crippen LogP contribution in [0, 0.1) is 24.7 Å². The summed E-state index contributed by atoms with van der Waals surface area (Å²) in [7, 11) is 1.61. The number of ether oxygens (including phenoxy) is 1. The smallest absolute Gasteiger partial charge is 0.228 e. The lowest BCUT2D eigenvalue weighted by Gasteiger charge is -2.23. The number of aryl methyl sites for hydroxylation is 1. The molecule has 0 radical (unpaired) electrons. The molecule has 1 unspecified atom stereocenters. The van der Waals surface area contributed by atoms with E-state index >= 15 is 0 Å². The van der Waals surface area contributed by atoms with Crippen molar-refractivity contribution in [3.63, 3.8) is 0 Å². The summed E-state index contributed by atoms with van der Waals surface area (Å²) in [6.45, 7) is 6.10. The van der Waals surface area contributed by atoms with Gasteiger partial charge in [0.25, 0.3) is 0 Å². The fraction of sp³-hybridized carbons (Fsp3) is 0.579. The molecule has 1 aromatic carbocycles. The molecule has 1 aromatic rings. The van der Waals surface area contributed by atoms with E-state index in [4.69, 9.17) is 4.74 Å². The number of benzene rings is 1. The van der Waals surface area contributed by atoms with Crippen molar-refractivity contribution in [3.05, 3.63) is 23.8 Å². The topological polar surface area (TPSA) is 61.9 Å². The molecule has 3 aliphatic heterocycles. The van der Waals surface area contributed by atoms with E-state index in [0.717, 1.165) is 37.4 Å². The highest BCUT2D eigenvalue weighted by atomic mass is 35.5. The van der Waals surface area contributed by atoms with E-state index in [2.05, 4.69) is 5.32 Å². The van der Waals surface area contributed by atoms with Gasteiger partial charge in [0.15, 0.2) is 0 Å². The predicted molar refractivity (Wildman–Crippen MR) is 102 cm³/mol. The standard InChI is InChI=1S/C19H25N3O3.ClH/c1-12-3-4-17(25-2)16(5-12)22-11-13(6-18(22)23)19(24)21-9-14-7-20-8-15(14)10-21;/h3-5,13-15,20H,6-11H2,1-2H3;1H/t13?,14-,15+;. The molecule has 3 atom stereocenters. The fourth-order valence-corrected chi connectivity index (χ4v) is 4.41. The van der Waals surface area contributed by atoms with E-state index in [1.54, 1.807) is 12.0 Å². The van der Waals surface area contributed by atoms with Crippen LogP contribution in [0.3, 0.4) is 0 Å². The maximum atomic E-state index is 12.9. The van der Waals surface area contributed by atoms with E-state index in [-0.39, 0.29) is 30.1 Å². The Balaban J connectivity index is 0.00000196. The van der Waals surface area contributed by atoms with E-state index in [0.29, 0.717) is 30.6 Å². The second kappa shape index (κ2) is 7.45. The molecule has 6 nitrogen and oxygen atoms in total. The number of likely N-dealkylation sites (tertiary alicyclic amines) is 1. The van der Waals surface area contributed by atoms with Crippen LogP contribution in [0.15, 0.2) is 18.2 Å². The summed E-state index contributed by atoms with van der Waals surface area (Å²) in [6, 6.07) is 5.79. The van der Waals surface area contributed by atoms with Crippen molar-refractivity contribution in [2.45, 2.75) is 13.3 Å². The summed E-state index contributed by atoms with van der Waals surface area (Å²) in [4.78, 5) is 29.2. The van der Waals surface area contributed by atoms with Crippen LogP contribution in [0.25, 0.3) is 0 Å². The van der Waals surface area contributed by atoms with Crippen molar-refractivity contribution in [2.24, 2.45) is 17.8 Å². The van der Waals surface area contributed by atoms with Gasteiger partial charge in [0.1, 0.15) is 5.75 Å². The van der Waals surface area contributed by atoms with Gasteiger partial charge in [-0.05, 0) is 36.5 Å². The zero-order chi connectivity index (χ0) is 17.6. The number of carbonyl (C=O) groups is 2. The van der Waals surface area contributed by atoms with Gasteiger partial charge in [-0.3, -0.25) is 9.59 Å². The summed E-state index contributed by atoms with van der Waals surface area (Å²) in [5, 5.41) is 3.39. The molecule has 3 saturated heterocycles. The zero-order valence-corrected chi connectivity index (χ0v) is 16.1. The van der Waals surface area contributed by atoms with Crippen LogP contribution in [0.2, 0.25) is 0 Å². The van der Waals surface area contributed by atoms with E-state index in [9.17, 15) is 9.59 Å². The maximum Gasteiger partial charge on any atom is 0.228 e. The Morgan fingerprint density at radius 3 is 2.54 bits per heavy atom. The van der Waals surface area contributed by atoms with Crippen LogP contribution in [0.5, 0.6) is 5.75 Å². The first-order valence-corrected chi connectivity index (χ1v) is 9.01. The monoisotopic (exact) mass is 379 g/mol. The van der Waals surface area contributed by atoms with Gasteiger partial charge in [0.2, 0.25) is 11.8 Å². The molecule has 3 aliphatic rings. The molecule has 4 rings (SSSR count). The Bertz CT molecular complexity index is 699. The van der Waals surface area contributed by atoms with Gasteiger partial charge in [-0.1, -0.05) is 6.07 Å². The van der Waals surface area contributed by atoms with Gasteiger partial charge in [-0.2, -0.15) is 0 Å². The zero-order valence-electron chi connectivity index (χ0n) is 15.2. The van der Waals surface area contributed by atoms with E-state index in [1.807, 2.05) is 30.0 Å². The lowest BCUT2D eigenvalue weighted by Crippen LogP contribution is -2.37. The van der Waals surface area contributed by atoms with Crippen LogP contribution >= 0.6 is 12.4 Å². The Kier molecular flexibility index (Phi) is 5.44. The third kappa shape index (κ3) is 3.28. The van der Waals surface area contributed by atoms with Gasteiger partial charge in [0.05, 0.1) is 18.7 Å². The molecule has 3 fully saturated rings. The third-order valence-electron chi connectivity index (χ3n) is 5.80. The largest absolute Gasteiger partial charge is 0.495 e. The average molecular weight is 380 g/mol. The van der Waals surface area contributed by atoms with Crippen LogP contribution < -0.4 is 15.0 Å².